The van der Waals surface area contributed by atoms with Crippen molar-refractivity contribution in [2.24, 2.45) is 0 Å². The molecule has 0 fully saturated rings. The summed E-state index contributed by atoms with van der Waals surface area (Å²) in [5.41, 5.74) is 0.0489. The van der Waals surface area contributed by atoms with Crippen LogP contribution in [0.2, 0.25) is 0 Å². The van der Waals surface area contributed by atoms with Crippen molar-refractivity contribution in [2.75, 3.05) is 6.61 Å². The number of esters is 1. The van der Waals surface area contributed by atoms with Crippen molar-refractivity contribution in [2.45, 2.75) is 39.0 Å². The first-order valence-electron chi connectivity index (χ1n) is 8.15. The van der Waals surface area contributed by atoms with E-state index in [1.807, 2.05) is 37.3 Å². The topological polar surface area (TPSA) is 92.3 Å². The number of carbonyl (C=O) groups is 1. The molecule has 0 aliphatic heterocycles. The number of ether oxygens (including phenoxy) is 1. The standard InChI is InChI=1S/C18H22N2O4/c1-2-3-11-14-19-16(21)15(17(22)20-14)18(23)24-12-7-10-13-8-5-4-6-9-13/h4-6,8-9H,2-3,7,10-12H2,1H3,(H2,19,20,21,22). The van der Waals surface area contributed by atoms with Gasteiger partial charge in [0.15, 0.2) is 5.56 Å². The Bertz CT molecular complexity index is 726. The van der Waals surface area contributed by atoms with Crippen LogP contribution in [0.15, 0.2) is 35.1 Å². The maximum absolute atomic E-state index is 12.0. The van der Waals surface area contributed by atoms with Gasteiger partial charge in [-0.3, -0.25) is 4.79 Å². The quantitative estimate of drug-likeness (QED) is 0.573. The number of unbranched alkanes of at least 4 members (excludes halogenated alkanes) is 1. The van der Waals surface area contributed by atoms with Crippen molar-refractivity contribution < 1.29 is 14.6 Å². The Labute approximate surface area is 140 Å². The van der Waals surface area contributed by atoms with Gasteiger partial charge in [-0.15, -0.1) is 0 Å². The molecule has 0 atom stereocenters. The van der Waals surface area contributed by atoms with Gasteiger partial charge in [-0.2, -0.15) is 4.98 Å². The molecule has 0 saturated heterocycles. The van der Waals surface area contributed by atoms with Crippen LogP contribution in [0.3, 0.4) is 0 Å². The van der Waals surface area contributed by atoms with E-state index in [4.69, 9.17) is 4.74 Å². The van der Waals surface area contributed by atoms with Crippen molar-refractivity contribution in [3.63, 3.8) is 0 Å². The van der Waals surface area contributed by atoms with Crippen LogP contribution in [-0.2, 0) is 17.6 Å². The maximum Gasteiger partial charge on any atom is 0.349 e. The number of aromatic amines is 1. The highest BCUT2D eigenvalue weighted by molar-refractivity contribution is 5.91. The lowest BCUT2D eigenvalue weighted by Gasteiger charge is -2.07. The molecule has 0 bridgehead atoms. The average molecular weight is 330 g/mol. The van der Waals surface area contributed by atoms with E-state index in [1.54, 1.807) is 0 Å². The van der Waals surface area contributed by atoms with Gasteiger partial charge >= 0.3 is 5.97 Å². The number of aromatic hydroxyl groups is 1. The van der Waals surface area contributed by atoms with Crippen LogP contribution < -0.4 is 5.56 Å². The summed E-state index contributed by atoms with van der Waals surface area (Å²) in [7, 11) is 0. The molecule has 0 saturated carbocycles. The van der Waals surface area contributed by atoms with Gasteiger partial charge in [0, 0.05) is 6.42 Å². The summed E-state index contributed by atoms with van der Waals surface area (Å²) in [6, 6.07) is 9.83. The van der Waals surface area contributed by atoms with Crippen molar-refractivity contribution >= 4 is 5.97 Å². The number of carbonyl (C=O) groups excluding carboxylic acids is 1. The van der Waals surface area contributed by atoms with E-state index in [0.29, 0.717) is 18.7 Å². The molecule has 128 valence electrons. The lowest BCUT2D eigenvalue weighted by Crippen LogP contribution is -2.23. The molecular weight excluding hydrogens is 308 g/mol. The van der Waals surface area contributed by atoms with Crippen molar-refractivity contribution in [3.05, 3.63) is 57.6 Å². The Kier molecular flexibility index (Phi) is 6.54. The van der Waals surface area contributed by atoms with Crippen LogP contribution in [0.5, 0.6) is 5.88 Å². The Morgan fingerprint density at radius 1 is 1.21 bits per heavy atom. The number of rotatable bonds is 8. The molecule has 0 amide bonds. The Morgan fingerprint density at radius 2 is 1.96 bits per heavy atom. The van der Waals surface area contributed by atoms with E-state index in [-0.39, 0.29) is 6.61 Å². The van der Waals surface area contributed by atoms with Gasteiger partial charge in [0.2, 0.25) is 5.88 Å². The SMILES string of the molecule is CCCCc1nc(O)c(C(=O)OCCCc2ccccc2)c(=O)[nH]1. The van der Waals surface area contributed by atoms with Crippen LogP contribution in [0, 0.1) is 0 Å². The first-order chi connectivity index (χ1) is 11.6. The van der Waals surface area contributed by atoms with Crippen molar-refractivity contribution in [1.29, 1.82) is 0 Å². The van der Waals surface area contributed by atoms with Crippen LogP contribution in [-0.4, -0.2) is 27.7 Å². The van der Waals surface area contributed by atoms with Crippen LogP contribution in [0.25, 0.3) is 0 Å². The summed E-state index contributed by atoms with van der Waals surface area (Å²) < 4.78 is 5.07. The van der Waals surface area contributed by atoms with Gasteiger partial charge in [0.1, 0.15) is 5.82 Å². The zero-order valence-electron chi connectivity index (χ0n) is 13.7. The molecule has 6 nitrogen and oxygen atoms in total. The molecule has 2 N–H and O–H groups in total. The summed E-state index contributed by atoms with van der Waals surface area (Å²) in [5, 5.41) is 9.84. The number of hydrogen-bond acceptors (Lipinski definition) is 5. The summed E-state index contributed by atoms with van der Waals surface area (Å²) in [5.74, 6) is -1.05. The van der Waals surface area contributed by atoms with Gasteiger partial charge in [-0.05, 0) is 24.8 Å². The third-order valence-corrected chi connectivity index (χ3v) is 3.61. The first-order valence-corrected chi connectivity index (χ1v) is 8.15. The number of nitrogens with zero attached hydrogens (tertiary/aromatic N) is 1. The zero-order chi connectivity index (χ0) is 17.4. The van der Waals surface area contributed by atoms with Gasteiger partial charge in [-0.1, -0.05) is 43.7 Å². The number of H-pyrrole nitrogens is 1. The second kappa shape index (κ2) is 8.86. The molecule has 0 aliphatic carbocycles. The predicted molar refractivity (Wildman–Crippen MR) is 90.2 cm³/mol. The van der Waals surface area contributed by atoms with Crippen LogP contribution in [0.1, 0.15) is 47.9 Å². The zero-order valence-corrected chi connectivity index (χ0v) is 13.7. The molecule has 0 radical (unpaired) electrons. The first kappa shape index (κ1) is 17.7. The van der Waals surface area contributed by atoms with Gasteiger partial charge in [-0.25, -0.2) is 4.79 Å². The minimum Gasteiger partial charge on any atom is -0.492 e. The number of aryl methyl sites for hydroxylation is 2. The fourth-order valence-corrected chi connectivity index (χ4v) is 2.31. The number of nitrogens with one attached hydrogen (secondary N) is 1. The van der Waals surface area contributed by atoms with Gasteiger partial charge in [0.05, 0.1) is 6.61 Å². The van der Waals surface area contributed by atoms with E-state index in [9.17, 15) is 14.7 Å². The van der Waals surface area contributed by atoms with E-state index < -0.39 is 23.0 Å². The van der Waals surface area contributed by atoms with E-state index in [2.05, 4.69) is 9.97 Å². The predicted octanol–water partition coefficient (Wildman–Crippen LogP) is 2.61. The number of benzene rings is 1. The fourth-order valence-electron chi connectivity index (χ4n) is 2.31. The van der Waals surface area contributed by atoms with Gasteiger partial charge in [0.25, 0.3) is 5.56 Å². The second-order valence-corrected chi connectivity index (χ2v) is 5.54. The summed E-state index contributed by atoms with van der Waals surface area (Å²) in [6.07, 6.45) is 3.73. The smallest absolute Gasteiger partial charge is 0.349 e. The second-order valence-electron chi connectivity index (χ2n) is 5.54. The third-order valence-electron chi connectivity index (χ3n) is 3.61. The highest BCUT2D eigenvalue weighted by Crippen LogP contribution is 2.11. The molecule has 24 heavy (non-hydrogen) atoms. The summed E-state index contributed by atoms with van der Waals surface area (Å²) in [4.78, 5) is 30.3. The maximum atomic E-state index is 12.0. The highest BCUT2D eigenvalue weighted by Gasteiger charge is 2.20. The molecular formula is C18H22N2O4. The normalized spacial score (nSPS) is 10.5. The molecule has 0 aliphatic rings. The Hall–Kier alpha value is -2.63. The number of hydrogen-bond donors (Lipinski definition) is 2. The van der Waals surface area contributed by atoms with Crippen molar-refractivity contribution in [3.8, 4) is 5.88 Å². The lowest BCUT2D eigenvalue weighted by atomic mass is 10.1. The minimum absolute atomic E-state index is 0.171. The minimum atomic E-state index is -0.851. The number of aromatic nitrogens is 2. The van der Waals surface area contributed by atoms with Crippen LogP contribution in [0.4, 0.5) is 0 Å². The van der Waals surface area contributed by atoms with E-state index in [0.717, 1.165) is 24.8 Å². The van der Waals surface area contributed by atoms with E-state index >= 15 is 0 Å². The largest absolute Gasteiger partial charge is 0.492 e. The Balaban J connectivity index is 1.91. The van der Waals surface area contributed by atoms with Crippen LogP contribution >= 0.6 is 0 Å². The molecule has 1 aromatic heterocycles. The molecule has 0 spiro atoms. The lowest BCUT2D eigenvalue weighted by molar-refractivity contribution is 0.0494. The molecule has 1 heterocycles. The Morgan fingerprint density at radius 3 is 2.62 bits per heavy atom. The third kappa shape index (κ3) is 4.94. The summed E-state index contributed by atoms with van der Waals surface area (Å²) in [6.45, 7) is 2.18. The highest BCUT2D eigenvalue weighted by atomic mass is 16.5. The van der Waals surface area contributed by atoms with E-state index in [1.165, 1.54) is 0 Å². The average Bonchev–Trinajstić information content (AvgIpc) is 2.57. The van der Waals surface area contributed by atoms with Gasteiger partial charge < -0.3 is 14.8 Å². The molecule has 2 aromatic rings. The molecule has 1 aromatic carbocycles. The summed E-state index contributed by atoms with van der Waals surface area (Å²) >= 11 is 0. The monoisotopic (exact) mass is 330 g/mol. The molecule has 6 heteroatoms. The molecule has 0 unspecified atom stereocenters. The van der Waals surface area contributed by atoms with Crippen molar-refractivity contribution in [1.82, 2.24) is 9.97 Å². The fraction of sp³-hybridized carbons (Fsp3) is 0.389. The molecule has 2 rings (SSSR count).